The van der Waals surface area contributed by atoms with Crippen LogP contribution in [-0.2, 0) is 26.3 Å². The topological polar surface area (TPSA) is 51.3 Å². The first-order chi connectivity index (χ1) is 16.7. The molecule has 3 aromatic rings. The Labute approximate surface area is 206 Å². The van der Waals surface area contributed by atoms with E-state index in [0.29, 0.717) is 5.57 Å². The molecule has 0 saturated heterocycles. The third-order valence-electron chi connectivity index (χ3n) is 8.01. The van der Waals surface area contributed by atoms with E-state index >= 15 is 0 Å². The van der Waals surface area contributed by atoms with Crippen LogP contribution in [0.15, 0.2) is 60.2 Å². The summed E-state index contributed by atoms with van der Waals surface area (Å²) in [5.41, 5.74) is 6.21. The van der Waals surface area contributed by atoms with Crippen molar-refractivity contribution in [2.75, 3.05) is 14.2 Å². The summed E-state index contributed by atoms with van der Waals surface area (Å²) in [4.78, 5) is 27.0. The number of fused-ring (bicyclic) bond motifs is 2. The third-order valence-corrected chi connectivity index (χ3v) is 8.01. The van der Waals surface area contributed by atoms with Crippen LogP contribution >= 0.6 is 0 Å². The maximum absolute atomic E-state index is 13.5. The highest BCUT2D eigenvalue weighted by Crippen LogP contribution is 2.44. The number of aryl methyl sites for hydroxylation is 1. The van der Waals surface area contributed by atoms with Gasteiger partial charge in [0.05, 0.1) is 17.1 Å². The zero-order chi connectivity index (χ0) is 25.1. The van der Waals surface area contributed by atoms with E-state index in [1.807, 2.05) is 50.4 Å². The first kappa shape index (κ1) is 23.4. The molecule has 1 aliphatic heterocycles. The van der Waals surface area contributed by atoms with Crippen molar-refractivity contribution in [1.29, 1.82) is 0 Å². The number of rotatable bonds is 6. The molecule has 35 heavy (non-hydrogen) atoms. The summed E-state index contributed by atoms with van der Waals surface area (Å²) in [6.07, 6.45) is 2.82. The number of hydrogen-bond donors (Lipinski definition) is 0. The van der Waals surface area contributed by atoms with Crippen LogP contribution in [-0.4, -0.2) is 46.7 Å². The standard InChI is InChI=1S/C30H33N2O3/c1-18(35-6)15-16-32-19(2)26(20-11-7-9-13-23(20)32)27-28(33)21(29(27)34)17-25-30(3,4)22-12-8-10-14-24(22)31(25)5/h7-14,17-18,27H,15-16H2,1-6H3/q+1. The van der Waals surface area contributed by atoms with Crippen molar-refractivity contribution in [3.63, 3.8) is 0 Å². The fourth-order valence-electron chi connectivity index (χ4n) is 5.81. The number of nitrogens with zero attached hydrogens (tertiary/aromatic N) is 2. The number of para-hydroxylation sites is 2. The van der Waals surface area contributed by atoms with Crippen LogP contribution in [0.3, 0.4) is 0 Å². The number of ketones is 2. The van der Waals surface area contributed by atoms with Crippen molar-refractivity contribution < 1.29 is 18.9 Å². The first-order valence-corrected chi connectivity index (χ1v) is 12.3. The Morgan fingerprint density at radius 2 is 1.74 bits per heavy atom. The molecule has 1 saturated carbocycles. The number of methoxy groups -OCH3 is 1. The highest BCUT2D eigenvalue weighted by atomic mass is 16.5. The van der Waals surface area contributed by atoms with E-state index in [-0.39, 0.29) is 23.1 Å². The summed E-state index contributed by atoms with van der Waals surface area (Å²) in [5, 5.41) is 0.985. The van der Waals surface area contributed by atoms with Gasteiger partial charge in [-0.25, -0.2) is 0 Å². The average molecular weight is 470 g/mol. The van der Waals surface area contributed by atoms with Crippen molar-refractivity contribution in [2.45, 2.75) is 58.1 Å². The largest absolute Gasteiger partial charge is 0.382 e. The Hall–Kier alpha value is -3.31. The highest BCUT2D eigenvalue weighted by molar-refractivity contribution is 6.44. The lowest BCUT2D eigenvalue weighted by Crippen LogP contribution is -2.41. The van der Waals surface area contributed by atoms with Crippen molar-refractivity contribution in [1.82, 2.24) is 4.57 Å². The number of ether oxygens (including phenoxy) is 1. The van der Waals surface area contributed by atoms with Crippen LogP contribution in [0, 0.1) is 6.92 Å². The Morgan fingerprint density at radius 3 is 2.43 bits per heavy atom. The van der Waals surface area contributed by atoms with Gasteiger partial charge in [-0.15, -0.1) is 0 Å². The molecular formula is C30H33N2O3+. The van der Waals surface area contributed by atoms with E-state index in [1.54, 1.807) is 7.11 Å². The minimum Gasteiger partial charge on any atom is -0.382 e. The zero-order valence-electron chi connectivity index (χ0n) is 21.4. The number of benzene rings is 2. The van der Waals surface area contributed by atoms with Gasteiger partial charge in [-0.2, -0.15) is 4.58 Å². The van der Waals surface area contributed by atoms with E-state index in [4.69, 9.17) is 4.74 Å². The molecule has 0 bridgehead atoms. The summed E-state index contributed by atoms with van der Waals surface area (Å²) in [7, 11) is 3.72. The summed E-state index contributed by atoms with van der Waals surface area (Å²) in [6, 6.07) is 16.3. The van der Waals surface area contributed by atoms with Gasteiger partial charge in [-0.05, 0) is 45.7 Å². The van der Waals surface area contributed by atoms with E-state index in [1.165, 1.54) is 5.56 Å². The van der Waals surface area contributed by atoms with Crippen molar-refractivity contribution in [3.05, 3.63) is 77.0 Å². The van der Waals surface area contributed by atoms with Gasteiger partial charge in [-0.1, -0.05) is 36.4 Å². The van der Waals surface area contributed by atoms with Gasteiger partial charge >= 0.3 is 0 Å². The van der Waals surface area contributed by atoms with E-state index in [0.717, 1.165) is 46.5 Å². The smallest absolute Gasteiger partial charge is 0.209 e. The normalized spacial score (nSPS) is 19.8. The van der Waals surface area contributed by atoms with Gasteiger partial charge in [-0.3, -0.25) is 9.59 Å². The van der Waals surface area contributed by atoms with Crippen molar-refractivity contribution in [2.24, 2.45) is 0 Å². The lowest BCUT2D eigenvalue weighted by atomic mass is 9.70. The van der Waals surface area contributed by atoms with E-state index < -0.39 is 5.92 Å². The number of hydrogen-bond acceptors (Lipinski definition) is 3. The predicted octanol–water partition coefficient (Wildman–Crippen LogP) is 5.24. The number of aromatic nitrogens is 1. The molecule has 1 unspecified atom stereocenters. The molecule has 5 nitrogen and oxygen atoms in total. The fraction of sp³-hybridized carbons (Fsp3) is 0.367. The third kappa shape index (κ3) is 3.44. The van der Waals surface area contributed by atoms with Crippen LogP contribution in [0.4, 0.5) is 5.69 Å². The van der Waals surface area contributed by atoms with Gasteiger partial charge in [0.15, 0.2) is 17.3 Å². The Morgan fingerprint density at radius 1 is 1.09 bits per heavy atom. The fourth-order valence-corrected chi connectivity index (χ4v) is 5.81. The number of Topliss-reactive ketones (excluding diaryl/α,β-unsaturated/α-hetero) is 2. The molecular weight excluding hydrogens is 436 g/mol. The molecule has 2 aromatic carbocycles. The van der Waals surface area contributed by atoms with Crippen LogP contribution < -0.4 is 0 Å². The second kappa shape index (κ2) is 8.42. The Balaban J connectivity index is 1.52. The molecule has 180 valence electrons. The molecule has 5 heteroatoms. The molecule has 2 aliphatic rings. The number of allylic oxidation sites excluding steroid dienone is 2. The Kier molecular flexibility index (Phi) is 5.64. The predicted molar refractivity (Wildman–Crippen MR) is 139 cm³/mol. The minimum absolute atomic E-state index is 0.0843. The lowest BCUT2D eigenvalue weighted by Gasteiger charge is -2.27. The van der Waals surface area contributed by atoms with Crippen LogP contribution in [0.2, 0.25) is 0 Å². The SMILES string of the molecule is COC(C)CCn1c(C)c(C2C(=O)C(=CC3=[N+](C)c4ccccc4C3(C)C)C2=O)c2ccccc21. The summed E-state index contributed by atoms with van der Waals surface area (Å²) in [5.74, 6) is -0.900. The molecule has 0 N–H and O–H groups in total. The van der Waals surface area contributed by atoms with Crippen molar-refractivity contribution >= 4 is 33.9 Å². The molecule has 2 heterocycles. The van der Waals surface area contributed by atoms with Crippen LogP contribution in [0.1, 0.15) is 49.9 Å². The monoisotopic (exact) mass is 469 g/mol. The molecule has 1 atom stereocenters. The zero-order valence-corrected chi connectivity index (χ0v) is 21.4. The van der Waals surface area contributed by atoms with Crippen molar-refractivity contribution in [3.8, 4) is 0 Å². The molecule has 1 aromatic heterocycles. The van der Waals surface area contributed by atoms with Gasteiger partial charge in [0.1, 0.15) is 13.0 Å². The maximum Gasteiger partial charge on any atom is 0.209 e. The van der Waals surface area contributed by atoms with Crippen LogP contribution in [0.5, 0.6) is 0 Å². The summed E-state index contributed by atoms with van der Waals surface area (Å²) in [6.45, 7) is 9.13. The summed E-state index contributed by atoms with van der Waals surface area (Å²) >= 11 is 0. The quantitative estimate of drug-likeness (QED) is 0.215. The van der Waals surface area contributed by atoms with E-state index in [2.05, 4.69) is 48.1 Å². The molecule has 1 fully saturated rings. The number of carbonyl (C=O) groups excluding carboxylic acids is 2. The minimum atomic E-state index is -0.731. The molecule has 5 rings (SSSR count). The lowest BCUT2D eigenvalue weighted by molar-refractivity contribution is -0.401. The van der Waals surface area contributed by atoms with Gasteiger partial charge in [0, 0.05) is 48.0 Å². The van der Waals surface area contributed by atoms with Gasteiger partial charge in [0.25, 0.3) is 0 Å². The second-order valence-corrected chi connectivity index (χ2v) is 10.3. The molecule has 0 radical (unpaired) electrons. The van der Waals surface area contributed by atoms with Crippen LogP contribution in [0.25, 0.3) is 10.9 Å². The average Bonchev–Trinajstić information content (AvgIpc) is 3.23. The molecule has 0 spiro atoms. The second-order valence-electron chi connectivity index (χ2n) is 10.3. The number of carbonyl (C=O) groups is 2. The van der Waals surface area contributed by atoms with Gasteiger partial charge in [0.2, 0.25) is 5.69 Å². The highest BCUT2D eigenvalue weighted by Gasteiger charge is 2.50. The molecule has 1 aliphatic carbocycles. The van der Waals surface area contributed by atoms with E-state index in [9.17, 15) is 9.59 Å². The molecule has 0 amide bonds. The maximum atomic E-state index is 13.5. The van der Waals surface area contributed by atoms with Gasteiger partial charge < -0.3 is 9.30 Å². The summed E-state index contributed by atoms with van der Waals surface area (Å²) < 4.78 is 9.76. The Bertz CT molecular complexity index is 1420. The first-order valence-electron chi connectivity index (χ1n) is 12.3.